The van der Waals surface area contributed by atoms with Crippen molar-refractivity contribution in [3.05, 3.63) is 102 Å². The lowest BCUT2D eigenvalue weighted by Gasteiger charge is -2.46. The normalized spacial score (nSPS) is 21.4. The molecular formula is C53H69N7O7S. The van der Waals surface area contributed by atoms with Gasteiger partial charge in [-0.3, -0.25) is 24.1 Å². The van der Waals surface area contributed by atoms with Crippen molar-refractivity contribution in [3.63, 3.8) is 0 Å². The Hall–Kier alpha value is -5.51. The van der Waals surface area contributed by atoms with Crippen LogP contribution in [0.2, 0.25) is 0 Å². The van der Waals surface area contributed by atoms with Crippen LogP contribution in [0.5, 0.6) is 5.75 Å². The Balaban J connectivity index is 0.942. The molecule has 0 aromatic heterocycles. The molecule has 0 spiro atoms. The van der Waals surface area contributed by atoms with Crippen molar-refractivity contribution in [1.29, 1.82) is 0 Å². The number of phenols is 1. The summed E-state index contributed by atoms with van der Waals surface area (Å²) < 4.78 is 30.0. The van der Waals surface area contributed by atoms with E-state index in [1.54, 1.807) is 34.1 Å². The highest BCUT2D eigenvalue weighted by Gasteiger charge is 2.44. The lowest BCUT2D eigenvalue weighted by Crippen LogP contribution is -2.64. The van der Waals surface area contributed by atoms with Gasteiger partial charge in [0.2, 0.25) is 10.0 Å². The third-order valence-electron chi connectivity index (χ3n) is 14.8. The molecule has 1 unspecified atom stereocenters. The van der Waals surface area contributed by atoms with E-state index in [1.165, 1.54) is 6.42 Å². The van der Waals surface area contributed by atoms with E-state index in [0.717, 1.165) is 73.7 Å². The van der Waals surface area contributed by atoms with Gasteiger partial charge in [-0.25, -0.2) is 13.1 Å². The fraction of sp³-hybridized carbons (Fsp3) is 0.509. The van der Waals surface area contributed by atoms with Crippen molar-refractivity contribution in [3.8, 4) is 5.75 Å². The van der Waals surface area contributed by atoms with Crippen LogP contribution in [0.25, 0.3) is 10.8 Å². The highest BCUT2D eigenvalue weighted by Crippen LogP contribution is 2.33. The number of carbonyl (C=O) groups excluding carboxylic acids is 4. The quantitative estimate of drug-likeness (QED) is 0.0744. The Morgan fingerprint density at radius 1 is 0.750 bits per heavy atom. The monoisotopic (exact) mass is 947 g/mol. The van der Waals surface area contributed by atoms with Crippen LogP contribution in [0.15, 0.2) is 95.9 Å². The van der Waals surface area contributed by atoms with Crippen LogP contribution in [0.1, 0.15) is 81.8 Å². The van der Waals surface area contributed by atoms with Gasteiger partial charge in [0.05, 0.1) is 10.9 Å². The first-order chi connectivity index (χ1) is 32.9. The van der Waals surface area contributed by atoms with Gasteiger partial charge in [0, 0.05) is 87.9 Å². The third kappa shape index (κ3) is 11.7. The third-order valence-corrected chi connectivity index (χ3v) is 16.4. The number of hydrogen-bond acceptors (Lipinski definition) is 9. The maximum Gasteiger partial charge on any atom is 0.312 e. The molecular weight excluding hydrogens is 879 g/mol. The van der Waals surface area contributed by atoms with Gasteiger partial charge in [-0.1, -0.05) is 105 Å². The number of likely N-dealkylation sites (tertiary alicyclic amines) is 1. The number of piperazine rings is 2. The number of fused-ring (bicyclic) bond motifs is 1. The number of carbonyl (C=O) groups is 4. The molecule has 4 aromatic carbocycles. The minimum Gasteiger partial charge on any atom is -0.508 e. The average Bonchev–Trinajstić information content (AvgIpc) is 3.78. The van der Waals surface area contributed by atoms with E-state index in [1.807, 2.05) is 90.6 Å². The average molecular weight is 948 g/mol. The van der Waals surface area contributed by atoms with E-state index < -0.39 is 33.7 Å². The van der Waals surface area contributed by atoms with E-state index in [-0.39, 0.29) is 41.4 Å². The first-order valence-electron chi connectivity index (χ1n) is 24.8. The maximum absolute atomic E-state index is 14.5. The van der Waals surface area contributed by atoms with Gasteiger partial charge >= 0.3 is 23.6 Å². The number of anilines is 1. The standard InChI is InChI=1S/C53H69N7O7S/c1-56(2)48-22-11-21-47-46(48)20-12-23-49(47)68(66,67)55-29-10-9-18-41-34-54-50(62)51(63)59(41)36-42-19-13-30-57(42)35-43(32-39-16-7-4-8-17-39)60-37-44(33-40-24-26-45(61)27-25-40)58(52(64)53(60)65)31-28-38-14-5-3-6-15-38/h3,5-6,11-12,14-15,20-27,39,41-44,55,61H,4,7-10,13,16-19,28-37H2,1-2H3,(H,54,62)/t41-,42-,43?,44-/m0/s1. The summed E-state index contributed by atoms with van der Waals surface area (Å²) in [6.07, 6.45) is 11.2. The van der Waals surface area contributed by atoms with Crippen molar-refractivity contribution in [2.24, 2.45) is 5.92 Å². The zero-order chi connectivity index (χ0) is 47.8. The first-order valence-corrected chi connectivity index (χ1v) is 26.3. The Kier molecular flexibility index (Phi) is 16.0. The summed E-state index contributed by atoms with van der Waals surface area (Å²) in [6, 6.07) is 27.3. The number of nitrogens with one attached hydrogen (secondary N) is 2. The van der Waals surface area contributed by atoms with Gasteiger partial charge in [-0.2, -0.15) is 0 Å². The predicted molar refractivity (Wildman–Crippen MR) is 265 cm³/mol. The van der Waals surface area contributed by atoms with Gasteiger partial charge in [0.1, 0.15) is 5.75 Å². The van der Waals surface area contributed by atoms with Crippen molar-refractivity contribution in [1.82, 2.24) is 29.6 Å². The van der Waals surface area contributed by atoms with E-state index in [2.05, 4.69) is 14.9 Å². The molecule has 3 N–H and O–H groups in total. The first kappa shape index (κ1) is 48.9. The molecule has 0 radical (unpaired) electrons. The summed E-state index contributed by atoms with van der Waals surface area (Å²) in [5.74, 6) is -1.49. The van der Waals surface area contributed by atoms with Gasteiger partial charge in [-0.05, 0) is 92.8 Å². The molecule has 1 saturated carbocycles. The van der Waals surface area contributed by atoms with Crippen molar-refractivity contribution < 1.29 is 32.7 Å². The van der Waals surface area contributed by atoms with Crippen LogP contribution in [-0.2, 0) is 42.0 Å². The molecule has 4 aromatic rings. The molecule has 1 aliphatic carbocycles. The Labute approximate surface area is 402 Å². The van der Waals surface area contributed by atoms with E-state index in [4.69, 9.17) is 0 Å². The molecule has 3 aliphatic heterocycles. The number of benzene rings is 4. The van der Waals surface area contributed by atoms with Crippen molar-refractivity contribution >= 4 is 50.1 Å². The second-order valence-corrected chi connectivity index (χ2v) is 21.4. The number of hydrogen-bond donors (Lipinski definition) is 3. The number of nitrogens with zero attached hydrogens (tertiary/aromatic N) is 5. The number of amides is 4. The minimum atomic E-state index is -3.80. The highest BCUT2D eigenvalue weighted by atomic mass is 32.2. The molecule has 4 amide bonds. The van der Waals surface area contributed by atoms with E-state index in [9.17, 15) is 32.7 Å². The van der Waals surface area contributed by atoms with Crippen LogP contribution in [0.4, 0.5) is 5.69 Å². The zero-order valence-corrected chi connectivity index (χ0v) is 40.5. The fourth-order valence-electron chi connectivity index (χ4n) is 11.2. The molecule has 4 fully saturated rings. The Bertz CT molecular complexity index is 2500. The molecule has 8 rings (SSSR count). The molecule has 14 nitrogen and oxygen atoms in total. The summed E-state index contributed by atoms with van der Waals surface area (Å²) in [7, 11) is 0.0603. The smallest absolute Gasteiger partial charge is 0.312 e. The summed E-state index contributed by atoms with van der Waals surface area (Å²) >= 11 is 0. The molecule has 3 heterocycles. The Morgan fingerprint density at radius 2 is 1.50 bits per heavy atom. The molecule has 68 heavy (non-hydrogen) atoms. The van der Waals surface area contributed by atoms with Gasteiger partial charge in [-0.15, -0.1) is 0 Å². The lowest BCUT2D eigenvalue weighted by molar-refractivity contribution is -0.161. The number of rotatable bonds is 20. The zero-order valence-electron chi connectivity index (χ0n) is 39.7. The summed E-state index contributed by atoms with van der Waals surface area (Å²) in [5, 5.41) is 14.4. The number of phenolic OH excluding ortho intramolecular Hbond substituents is 1. The van der Waals surface area contributed by atoms with Crippen LogP contribution >= 0.6 is 0 Å². The highest BCUT2D eigenvalue weighted by molar-refractivity contribution is 7.89. The lowest BCUT2D eigenvalue weighted by atomic mass is 9.84. The molecule has 4 aliphatic rings. The van der Waals surface area contributed by atoms with Crippen LogP contribution in [0.3, 0.4) is 0 Å². The van der Waals surface area contributed by atoms with Crippen molar-refractivity contribution in [2.75, 3.05) is 64.8 Å². The molecule has 0 bridgehead atoms. The SMILES string of the molecule is CN(C)c1cccc2c(S(=O)(=O)NCCCC[C@H]3CNC(=O)C(=O)N3C[C@@H]3CCCN3CC(CC3CCCCC3)N3C[C@H](Cc4ccc(O)cc4)N(CCc4ccccc4)C(=O)C3=O)cccc12. The van der Waals surface area contributed by atoms with Crippen LogP contribution in [0, 0.1) is 5.92 Å². The summed E-state index contributed by atoms with van der Waals surface area (Å²) in [5.41, 5.74) is 3.01. The molecule has 364 valence electrons. The largest absolute Gasteiger partial charge is 0.508 e. The van der Waals surface area contributed by atoms with Gasteiger partial charge in [0.25, 0.3) is 0 Å². The maximum atomic E-state index is 14.5. The topological polar surface area (TPSA) is 163 Å². The van der Waals surface area contributed by atoms with Gasteiger partial charge < -0.3 is 30.0 Å². The number of aromatic hydroxyl groups is 1. The number of unbranched alkanes of at least 4 members (excludes halogenated alkanes) is 1. The van der Waals surface area contributed by atoms with Gasteiger partial charge in [0.15, 0.2) is 0 Å². The second kappa shape index (κ2) is 22.3. The second-order valence-electron chi connectivity index (χ2n) is 19.6. The fourth-order valence-corrected chi connectivity index (χ4v) is 12.5. The minimum absolute atomic E-state index is 0.0347. The molecule has 4 atom stereocenters. The van der Waals surface area contributed by atoms with Crippen LogP contribution < -0.4 is 14.9 Å². The summed E-state index contributed by atoms with van der Waals surface area (Å²) in [6.45, 7) is 3.11. The Morgan fingerprint density at radius 3 is 2.26 bits per heavy atom. The van der Waals surface area contributed by atoms with Crippen LogP contribution in [-0.4, -0.2) is 141 Å². The van der Waals surface area contributed by atoms with E-state index >= 15 is 0 Å². The van der Waals surface area contributed by atoms with Crippen molar-refractivity contribution in [2.45, 2.75) is 113 Å². The molecule has 15 heteroatoms. The predicted octanol–water partition coefficient (Wildman–Crippen LogP) is 5.72. The van der Waals surface area contributed by atoms with E-state index in [0.29, 0.717) is 76.1 Å². The molecule has 3 saturated heterocycles. The summed E-state index contributed by atoms with van der Waals surface area (Å²) in [4.78, 5) is 65.3. The number of sulfonamides is 1.